The molecule has 4 nitrogen and oxygen atoms in total. The predicted octanol–water partition coefficient (Wildman–Crippen LogP) is 2.52. The summed E-state index contributed by atoms with van der Waals surface area (Å²) in [5.74, 6) is 5.88. The average Bonchev–Trinajstić information content (AvgIpc) is 2.86. The topological polar surface area (TPSA) is 50.5 Å². The number of nitrogens with two attached hydrogens (primary N) is 1. The van der Waals surface area contributed by atoms with Gasteiger partial charge in [0.1, 0.15) is 0 Å². The summed E-state index contributed by atoms with van der Waals surface area (Å²) in [7, 11) is 0. The molecule has 2 atom stereocenters. The lowest BCUT2D eigenvalue weighted by molar-refractivity contribution is -0.0325. The van der Waals surface area contributed by atoms with E-state index in [0.717, 1.165) is 37.2 Å². The average molecular weight is 348 g/mol. The number of hydrogen-bond acceptors (Lipinski definition) is 5. The van der Waals surface area contributed by atoms with Gasteiger partial charge >= 0.3 is 0 Å². The summed E-state index contributed by atoms with van der Waals surface area (Å²) in [6.45, 7) is 8.05. The second-order valence-corrected chi connectivity index (χ2v) is 6.84. The maximum Gasteiger partial charge on any atom is 0.0745 e. The molecule has 6 heteroatoms. The van der Waals surface area contributed by atoms with Crippen molar-refractivity contribution < 1.29 is 4.74 Å². The van der Waals surface area contributed by atoms with Crippen LogP contribution >= 0.6 is 27.3 Å². The number of ether oxygens (including phenoxy) is 1. The zero-order valence-electron chi connectivity index (χ0n) is 11.5. The maximum absolute atomic E-state index is 5.88. The minimum Gasteiger partial charge on any atom is -0.379 e. The van der Waals surface area contributed by atoms with Gasteiger partial charge < -0.3 is 4.74 Å². The Hall–Kier alpha value is 0.0200. The molecule has 1 saturated heterocycles. The molecule has 19 heavy (non-hydrogen) atoms. The Morgan fingerprint density at radius 1 is 1.58 bits per heavy atom. The fourth-order valence-corrected chi connectivity index (χ4v) is 4.54. The van der Waals surface area contributed by atoms with E-state index in [2.05, 4.69) is 51.5 Å². The minimum atomic E-state index is -0.00803. The molecule has 2 rings (SSSR count). The van der Waals surface area contributed by atoms with E-state index in [-0.39, 0.29) is 11.6 Å². The third kappa shape index (κ3) is 3.04. The van der Waals surface area contributed by atoms with Gasteiger partial charge in [-0.15, -0.1) is 11.3 Å². The molecule has 0 saturated carbocycles. The van der Waals surface area contributed by atoms with Crippen LogP contribution in [0.3, 0.4) is 0 Å². The molecule has 0 aliphatic carbocycles. The second-order valence-electron chi connectivity index (χ2n) is 5.04. The standard InChI is InChI=1S/C13H22BrN3OS/c1-3-13(2,17-5-7-18-8-6-17)12(16-15)11-10(14)4-9-19-11/h4,9,12,16H,3,5-8,15H2,1-2H3. The Bertz CT molecular complexity index is 408. The van der Waals surface area contributed by atoms with Crippen LogP contribution in [0.25, 0.3) is 0 Å². The van der Waals surface area contributed by atoms with Gasteiger partial charge in [-0.1, -0.05) is 6.92 Å². The summed E-state index contributed by atoms with van der Waals surface area (Å²) < 4.78 is 6.60. The lowest BCUT2D eigenvalue weighted by atomic mass is 9.86. The first kappa shape index (κ1) is 15.4. The van der Waals surface area contributed by atoms with Crippen molar-refractivity contribution in [2.45, 2.75) is 31.8 Å². The van der Waals surface area contributed by atoms with Crippen LogP contribution in [0.1, 0.15) is 31.2 Å². The summed E-state index contributed by atoms with van der Waals surface area (Å²) in [5.41, 5.74) is 3.02. The van der Waals surface area contributed by atoms with E-state index >= 15 is 0 Å². The molecular formula is C13H22BrN3OS. The molecule has 2 unspecified atom stereocenters. The highest BCUT2D eigenvalue weighted by molar-refractivity contribution is 9.10. The van der Waals surface area contributed by atoms with E-state index in [0.29, 0.717) is 0 Å². The van der Waals surface area contributed by atoms with Crippen LogP contribution < -0.4 is 11.3 Å². The molecule has 0 amide bonds. The van der Waals surface area contributed by atoms with Gasteiger partial charge in [-0.25, -0.2) is 0 Å². The third-order valence-electron chi connectivity index (χ3n) is 4.14. The molecule has 3 N–H and O–H groups in total. The van der Waals surface area contributed by atoms with Crippen molar-refractivity contribution >= 4 is 27.3 Å². The first-order valence-corrected chi connectivity index (χ1v) is 8.32. The predicted molar refractivity (Wildman–Crippen MR) is 83.2 cm³/mol. The molecule has 2 heterocycles. The number of morpholine rings is 1. The highest BCUT2D eigenvalue weighted by atomic mass is 79.9. The van der Waals surface area contributed by atoms with Crippen molar-refractivity contribution in [2.75, 3.05) is 26.3 Å². The van der Waals surface area contributed by atoms with Crippen LogP contribution in [-0.4, -0.2) is 36.7 Å². The quantitative estimate of drug-likeness (QED) is 0.634. The van der Waals surface area contributed by atoms with Crippen LogP contribution in [0.15, 0.2) is 15.9 Å². The van der Waals surface area contributed by atoms with E-state index in [9.17, 15) is 0 Å². The van der Waals surface area contributed by atoms with Crippen molar-refractivity contribution in [3.63, 3.8) is 0 Å². The normalized spacial score (nSPS) is 22.1. The van der Waals surface area contributed by atoms with E-state index in [1.807, 2.05) is 0 Å². The number of hydrogen-bond donors (Lipinski definition) is 2. The second kappa shape index (κ2) is 6.65. The molecule has 1 aliphatic rings. The number of nitrogens with one attached hydrogen (secondary N) is 1. The molecule has 1 aromatic heterocycles. The molecular weight excluding hydrogens is 326 g/mol. The molecule has 0 radical (unpaired) electrons. The zero-order valence-corrected chi connectivity index (χ0v) is 13.9. The van der Waals surface area contributed by atoms with Crippen molar-refractivity contribution in [2.24, 2.45) is 5.84 Å². The van der Waals surface area contributed by atoms with Crippen molar-refractivity contribution in [3.05, 3.63) is 20.8 Å². The monoisotopic (exact) mass is 347 g/mol. The summed E-state index contributed by atoms with van der Waals surface area (Å²) in [6, 6.07) is 2.20. The van der Waals surface area contributed by atoms with Gasteiger partial charge in [-0.05, 0) is 40.7 Å². The van der Waals surface area contributed by atoms with E-state index in [4.69, 9.17) is 10.6 Å². The van der Waals surface area contributed by atoms with Crippen LogP contribution in [0, 0.1) is 0 Å². The molecule has 1 fully saturated rings. The molecule has 0 bridgehead atoms. The van der Waals surface area contributed by atoms with Gasteiger partial charge in [0.2, 0.25) is 0 Å². The van der Waals surface area contributed by atoms with Crippen molar-refractivity contribution in [1.82, 2.24) is 10.3 Å². The molecule has 108 valence electrons. The van der Waals surface area contributed by atoms with Gasteiger partial charge in [0.05, 0.1) is 19.3 Å². The Morgan fingerprint density at radius 2 is 2.26 bits per heavy atom. The molecule has 0 aromatic carbocycles. The fraction of sp³-hybridized carbons (Fsp3) is 0.692. The Balaban J connectivity index is 2.29. The van der Waals surface area contributed by atoms with E-state index in [1.54, 1.807) is 11.3 Å². The number of rotatable bonds is 5. The number of halogens is 1. The summed E-state index contributed by atoms with van der Waals surface area (Å²) in [4.78, 5) is 3.76. The van der Waals surface area contributed by atoms with E-state index in [1.165, 1.54) is 4.88 Å². The maximum atomic E-state index is 5.88. The van der Waals surface area contributed by atoms with Crippen LogP contribution in [0.4, 0.5) is 0 Å². The number of nitrogens with zero attached hydrogens (tertiary/aromatic N) is 1. The fourth-order valence-electron chi connectivity index (χ4n) is 2.73. The van der Waals surface area contributed by atoms with Crippen LogP contribution in [-0.2, 0) is 4.74 Å². The van der Waals surface area contributed by atoms with Crippen LogP contribution in [0.2, 0.25) is 0 Å². The number of thiophene rings is 1. The van der Waals surface area contributed by atoms with Gasteiger partial charge in [0.15, 0.2) is 0 Å². The summed E-state index contributed by atoms with van der Waals surface area (Å²) >= 11 is 5.37. The third-order valence-corrected chi connectivity index (χ3v) is 6.08. The Kier molecular flexibility index (Phi) is 5.39. The smallest absolute Gasteiger partial charge is 0.0745 e. The largest absolute Gasteiger partial charge is 0.379 e. The highest BCUT2D eigenvalue weighted by Crippen LogP contribution is 2.39. The summed E-state index contributed by atoms with van der Waals surface area (Å²) in [6.07, 6.45) is 1.03. The SMILES string of the molecule is CCC(C)(C(NN)c1sccc1Br)N1CCOCC1. The molecule has 0 spiro atoms. The van der Waals surface area contributed by atoms with Gasteiger partial charge in [0.25, 0.3) is 0 Å². The highest BCUT2D eigenvalue weighted by Gasteiger charge is 2.40. The Morgan fingerprint density at radius 3 is 2.74 bits per heavy atom. The minimum absolute atomic E-state index is 0.00803. The van der Waals surface area contributed by atoms with Gasteiger partial charge in [-0.2, -0.15) is 0 Å². The first-order valence-electron chi connectivity index (χ1n) is 6.65. The lowest BCUT2D eigenvalue weighted by Crippen LogP contribution is -2.58. The zero-order chi connectivity index (χ0) is 13.9. The molecule has 1 aromatic rings. The van der Waals surface area contributed by atoms with Crippen LogP contribution in [0.5, 0.6) is 0 Å². The van der Waals surface area contributed by atoms with Gasteiger partial charge in [-0.3, -0.25) is 16.2 Å². The van der Waals surface area contributed by atoms with Crippen molar-refractivity contribution in [1.29, 1.82) is 0 Å². The summed E-state index contributed by atoms with van der Waals surface area (Å²) in [5, 5.41) is 2.10. The first-order chi connectivity index (χ1) is 9.13. The Labute approximate surface area is 127 Å². The lowest BCUT2D eigenvalue weighted by Gasteiger charge is -2.47. The number of hydrazine groups is 1. The van der Waals surface area contributed by atoms with Gasteiger partial charge in [0, 0.05) is 28.0 Å². The molecule has 1 aliphatic heterocycles. The van der Waals surface area contributed by atoms with E-state index < -0.39 is 0 Å². The van der Waals surface area contributed by atoms with Crippen molar-refractivity contribution in [3.8, 4) is 0 Å².